The van der Waals surface area contributed by atoms with Crippen LogP contribution in [0.15, 0.2) is 161 Å². The summed E-state index contributed by atoms with van der Waals surface area (Å²) in [6, 6.07) is 45.5. The van der Waals surface area contributed by atoms with Gasteiger partial charge in [0.05, 0.1) is 22.7 Å². The predicted octanol–water partition coefficient (Wildman–Crippen LogP) is 14.7. The van der Waals surface area contributed by atoms with Crippen molar-refractivity contribution in [1.82, 2.24) is 0 Å². The van der Waals surface area contributed by atoms with Gasteiger partial charge in [0.1, 0.15) is 5.58 Å². The molecule has 0 saturated heterocycles. The second-order valence-electron chi connectivity index (χ2n) is 22.4. The molecule has 0 fully saturated rings. The Bertz CT molecular complexity index is 3260. The molecule has 2 aliphatic carbocycles. The first-order valence-corrected chi connectivity index (χ1v) is 23.6. The van der Waals surface area contributed by atoms with E-state index in [1.54, 1.807) is 0 Å². The van der Waals surface area contributed by atoms with E-state index in [1.807, 2.05) is 0 Å². The lowest BCUT2D eigenvalue weighted by molar-refractivity contribution is 0.332. The fraction of sp³-hybridized carbons (Fsp3) is 0.279. The number of anilines is 5. The fourth-order valence-electron chi connectivity index (χ4n) is 11.0. The number of allylic oxidation sites excluding steroid dienone is 3. The zero-order chi connectivity index (χ0) is 45.4. The van der Waals surface area contributed by atoms with E-state index in [0.29, 0.717) is 0 Å². The highest BCUT2D eigenvalue weighted by Gasteiger charge is 2.49. The van der Waals surface area contributed by atoms with Crippen molar-refractivity contribution in [2.75, 3.05) is 9.80 Å². The molecule has 11 rings (SSSR count). The maximum absolute atomic E-state index is 7.46. The number of hydrogen-bond donors (Lipinski definition) is 0. The lowest BCUT2D eigenvalue weighted by Gasteiger charge is -2.46. The Hall–Kier alpha value is -6.44. The van der Waals surface area contributed by atoms with Crippen LogP contribution in [0.2, 0.25) is 0 Å². The van der Waals surface area contributed by atoms with Crippen LogP contribution in [0.25, 0.3) is 33.2 Å². The van der Waals surface area contributed by atoms with E-state index in [4.69, 9.17) is 4.42 Å². The molecule has 4 aliphatic rings. The van der Waals surface area contributed by atoms with E-state index < -0.39 is 0 Å². The van der Waals surface area contributed by atoms with Crippen LogP contribution >= 0.6 is 0 Å². The summed E-state index contributed by atoms with van der Waals surface area (Å²) in [5.74, 6) is 0. The van der Waals surface area contributed by atoms with Gasteiger partial charge in [0.15, 0.2) is 0 Å². The van der Waals surface area contributed by atoms with E-state index in [2.05, 4.69) is 231 Å². The minimum absolute atomic E-state index is 0.0108. The molecule has 3 heterocycles. The first-order chi connectivity index (χ1) is 30.9. The van der Waals surface area contributed by atoms with Crippen molar-refractivity contribution in [3.05, 3.63) is 178 Å². The molecule has 7 aromatic rings. The van der Waals surface area contributed by atoms with Gasteiger partial charge in [0.25, 0.3) is 6.71 Å². The molecule has 1 aromatic heterocycles. The third kappa shape index (κ3) is 6.56. The van der Waals surface area contributed by atoms with E-state index in [0.717, 1.165) is 63.4 Å². The molecule has 65 heavy (non-hydrogen) atoms. The van der Waals surface area contributed by atoms with Gasteiger partial charge in [-0.3, -0.25) is 0 Å². The summed E-state index contributed by atoms with van der Waals surface area (Å²) in [7, 11) is 0. The van der Waals surface area contributed by atoms with Crippen LogP contribution in [0, 0.1) is 12.3 Å². The van der Waals surface area contributed by atoms with Gasteiger partial charge < -0.3 is 14.2 Å². The molecular formula is C61H59BN2O. The summed E-state index contributed by atoms with van der Waals surface area (Å²) in [5.41, 5.74) is 29.6. The molecule has 0 amide bonds. The van der Waals surface area contributed by atoms with E-state index in [1.165, 1.54) is 61.2 Å². The van der Waals surface area contributed by atoms with Gasteiger partial charge in [-0.2, -0.15) is 0 Å². The summed E-state index contributed by atoms with van der Waals surface area (Å²) in [6.45, 7) is 25.5. The first-order valence-electron chi connectivity index (χ1n) is 23.6. The smallest absolute Gasteiger partial charge is 0.297 e. The Kier molecular flexibility index (Phi) is 9.07. The van der Waals surface area contributed by atoms with Gasteiger partial charge in [-0.1, -0.05) is 160 Å². The van der Waals surface area contributed by atoms with Crippen LogP contribution in [-0.2, 0) is 16.2 Å². The molecule has 2 aliphatic heterocycles. The second-order valence-corrected chi connectivity index (χ2v) is 22.4. The molecule has 0 saturated carbocycles. The van der Waals surface area contributed by atoms with Crippen molar-refractivity contribution < 1.29 is 4.42 Å². The lowest BCUT2D eigenvalue weighted by Crippen LogP contribution is -2.61. The number of aryl methyl sites for hydroxylation is 1. The van der Waals surface area contributed by atoms with Gasteiger partial charge in [0.2, 0.25) is 0 Å². The summed E-state index contributed by atoms with van der Waals surface area (Å²) >= 11 is 0. The van der Waals surface area contributed by atoms with Gasteiger partial charge in [-0.05, 0) is 146 Å². The highest BCUT2D eigenvalue weighted by Crippen LogP contribution is 2.52. The average molecular weight is 847 g/mol. The van der Waals surface area contributed by atoms with Crippen molar-refractivity contribution in [1.29, 1.82) is 0 Å². The Morgan fingerprint density at radius 2 is 1.23 bits per heavy atom. The van der Waals surface area contributed by atoms with Crippen LogP contribution in [0.4, 0.5) is 28.4 Å². The normalized spacial score (nSPS) is 16.8. The maximum Gasteiger partial charge on any atom is 0.297 e. The Balaban J connectivity index is 1.30. The third-order valence-corrected chi connectivity index (χ3v) is 14.9. The number of furan rings is 1. The standard InChI is InChI=1S/C61H59BN2O/c1-38-32-52-55-53(33-38)64(50-34-41(39-18-14-12-15-19-39)22-28-45(50)40-20-16-13-17-21-40)56-46-35-43(59(5,6)7)25-29-54(46)65-57(56)62(55)49-36-47-48(61(10,11)31-30-60(47,8)9)37-51(49)63(52)44-26-23-42(24-27-44)58(2,3)4/h12-23,25-26,28-29,32-37H,30-31H2,1-11H3. The Labute approximate surface area is 386 Å². The quantitative estimate of drug-likeness (QED) is 0.130. The van der Waals surface area contributed by atoms with Crippen LogP contribution in [0.1, 0.15) is 104 Å². The third-order valence-electron chi connectivity index (χ3n) is 14.9. The molecule has 6 aromatic carbocycles. The largest absolute Gasteiger partial charge is 0.468 e. The SMILES string of the molecule is Cc1cc2c3c(c1)N(c1cc(-c4ccccc4)ccc1-c1ccccc1)c1c(oc4ccc(C(C)(C)C)cc14)B3c1cc3c(cc1N2C1=C=C=C(C(C)(C)C)C=C1)C(C)(C)CCC3(C)C. The number of rotatable bonds is 4. The molecule has 0 unspecified atom stereocenters. The average Bonchev–Trinajstić information content (AvgIpc) is 3.66. The van der Waals surface area contributed by atoms with Crippen LogP contribution < -0.4 is 26.4 Å². The maximum atomic E-state index is 7.46. The molecule has 0 N–H and O–H groups in total. The van der Waals surface area contributed by atoms with Crippen molar-refractivity contribution in [2.24, 2.45) is 5.41 Å². The number of hydrogen-bond acceptors (Lipinski definition) is 3. The van der Waals surface area contributed by atoms with Crippen LogP contribution in [0.3, 0.4) is 0 Å². The monoisotopic (exact) mass is 846 g/mol. The van der Waals surface area contributed by atoms with Gasteiger partial charge >= 0.3 is 0 Å². The fourth-order valence-corrected chi connectivity index (χ4v) is 11.0. The minimum atomic E-state index is -0.162. The van der Waals surface area contributed by atoms with E-state index in [9.17, 15) is 0 Å². The number of fused-ring (bicyclic) bond motifs is 7. The van der Waals surface area contributed by atoms with E-state index >= 15 is 0 Å². The van der Waals surface area contributed by atoms with Gasteiger partial charge in [0, 0.05) is 33.6 Å². The summed E-state index contributed by atoms with van der Waals surface area (Å²) in [4.78, 5) is 5.07. The second kappa shape index (κ2) is 14.3. The summed E-state index contributed by atoms with van der Waals surface area (Å²) in [5, 5.41) is 1.13. The minimum Gasteiger partial charge on any atom is -0.468 e. The van der Waals surface area contributed by atoms with Gasteiger partial charge in [-0.15, -0.1) is 0 Å². The topological polar surface area (TPSA) is 19.6 Å². The molecule has 4 heteroatoms. The molecular weight excluding hydrogens is 787 g/mol. The van der Waals surface area contributed by atoms with E-state index in [-0.39, 0.29) is 28.4 Å². The Morgan fingerprint density at radius 1 is 0.585 bits per heavy atom. The number of benzene rings is 6. The summed E-state index contributed by atoms with van der Waals surface area (Å²) < 4.78 is 7.46. The predicted molar refractivity (Wildman–Crippen MR) is 276 cm³/mol. The summed E-state index contributed by atoms with van der Waals surface area (Å²) in [6.07, 6.45) is 6.79. The molecule has 0 radical (unpaired) electrons. The Morgan fingerprint density at radius 3 is 1.86 bits per heavy atom. The first kappa shape index (κ1) is 41.3. The molecule has 0 spiro atoms. The molecule has 0 atom stereocenters. The zero-order valence-electron chi connectivity index (χ0n) is 40.0. The highest BCUT2D eigenvalue weighted by atomic mass is 16.3. The van der Waals surface area contributed by atoms with Crippen molar-refractivity contribution in [3.63, 3.8) is 0 Å². The lowest BCUT2D eigenvalue weighted by atomic mass is 9.35. The molecule has 322 valence electrons. The molecule has 3 nitrogen and oxygen atoms in total. The van der Waals surface area contributed by atoms with Crippen LogP contribution in [-0.4, -0.2) is 6.71 Å². The van der Waals surface area contributed by atoms with Crippen molar-refractivity contribution in [3.8, 4) is 22.3 Å². The number of nitrogens with zero attached hydrogens (tertiary/aromatic N) is 2. The van der Waals surface area contributed by atoms with Gasteiger partial charge in [-0.25, -0.2) is 0 Å². The highest BCUT2D eigenvalue weighted by molar-refractivity contribution is 7.00. The van der Waals surface area contributed by atoms with Crippen molar-refractivity contribution in [2.45, 2.75) is 105 Å². The zero-order valence-corrected chi connectivity index (χ0v) is 40.0. The molecule has 0 bridgehead atoms. The van der Waals surface area contributed by atoms with Crippen molar-refractivity contribution >= 4 is 62.7 Å². The van der Waals surface area contributed by atoms with Crippen LogP contribution in [0.5, 0.6) is 0 Å².